The van der Waals surface area contributed by atoms with Crippen molar-refractivity contribution in [2.75, 3.05) is 30.3 Å². The number of hydrogen-bond donors (Lipinski definition) is 1. The SMILES string of the molecule is Cc1cc(N2CCN(C(=O)OC(C)(C)C)C(C)(C)C2)cnc1N. The van der Waals surface area contributed by atoms with Gasteiger partial charge in [0.15, 0.2) is 0 Å². The Morgan fingerprint density at radius 3 is 2.52 bits per heavy atom. The van der Waals surface area contributed by atoms with Crippen molar-refractivity contribution in [2.24, 2.45) is 0 Å². The van der Waals surface area contributed by atoms with Gasteiger partial charge in [-0.2, -0.15) is 0 Å². The minimum Gasteiger partial charge on any atom is -0.444 e. The third-order valence-electron chi connectivity index (χ3n) is 3.99. The minimum absolute atomic E-state index is 0.256. The number of piperazine rings is 1. The van der Waals surface area contributed by atoms with Crippen LogP contribution in [0.25, 0.3) is 0 Å². The molecule has 0 atom stereocenters. The van der Waals surface area contributed by atoms with E-state index in [0.717, 1.165) is 24.3 Å². The molecule has 0 bridgehead atoms. The fraction of sp³-hybridized carbons (Fsp3) is 0.647. The minimum atomic E-state index is -0.484. The Morgan fingerprint density at radius 2 is 2.00 bits per heavy atom. The van der Waals surface area contributed by atoms with Gasteiger partial charge in [0.05, 0.1) is 17.4 Å². The molecule has 2 heterocycles. The number of amides is 1. The first-order valence-electron chi connectivity index (χ1n) is 7.97. The van der Waals surface area contributed by atoms with Gasteiger partial charge in [0.25, 0.3) is 0 Å². The van der Waals surface area contributed by atoms with Crippen molar-refractivity contribution >= 4 is 17.6 Å². The van der Waals surface area contributed by atoms with Gasteiger partial charge in [0.1, 0.15) is 11.4 Å². The summed E-state index contributed by atoms with van der Waals surface area (Å²) in [5.74, 6) is 0.556. The summed E-state index contributed by atoms with van der Waals surface area (Å²) in [6.07, 6.45) is 1.54. The molecular weight excluding hydrogens is 292 g/mol. The van der Waals surface area contributed by atoms with Gasteiger partial charge in [-0.3, -0.25) is 4.90 Å². The fourth-order valence-electron chi connectivity index (χ4n) is 2.77. The number of hydrogen-bond acceptors (Lipinski definition) is 5. The fourth-order valence-corrected chi connectivity index (χ4v) is 2.77. The van der Waals surface area contributed by atoms with E-state index >= 15 is 0 Å². The Labute approximate surface area is 138 Å². The maximum absolute atomic E-state index is 12.4. The van der Waals surface area contributed by atoms with Crippen molar-refractivity contribution in [2.45, 2.75) is 52.7 Å². The van der Waals surface area contributed by atoms with E-state index < -0.39 is 5.60 Å². The van der Waals surface area contributed by atoms with E-state index in [1.807, 2.05) is 38.7 Å². The number of carbonyl (C=O) groups excluding carboxylic acids is 1. The lowest BCUT2D eigenvalue weighted by Crippen LogP contribution is -2.61. The number of aromatic nitrogens is 1. The van der Waals surface area contributed by atoms with Crippen LogP contribution in [0.3, 0.4) is 0 Å². The molecule has 0 saturated carbocycles. The van der Waals surface area contributed by atoms with Crippen LogP contribution < -0.4 is 10.6 Å². The van der Waals surface area contributed by atoms with E-state index in [4.69, 9.17) is 10.5 Å². The number of nitrogen functional groups attached to an aromatic ring is 1. The Balaban J connectivity index is 2.13. The van der Waals surface area contributed by atoms with E-state index in [-0.39, 0.29) is 11.6 Å². The number of pyridine rings is 1. The zero-order valence-electron chi connectivity index (χ0n) is 15.0. The summed E-state index contributed by atoms with van der Waals surface area (Å²) in [6, 6.07) is 2.04. The molecule has 0 radical (unpaired) electrons. The molecule has 1 aliphatic rings. The van der Waals surface area contributed by atoms with Crippen LogP contribution in [-0.4, -0.2) is 46.8 Å². The van der Waals surface area contributed by atoms with Gasteiger partial charge in [0, 0.05) is 19.6 Å². The van der Waals surface area contributed by atoms with E-state index in [1.54, 1.807) is 6.20 Å². The topological polar surface area (TPSA) is 71.7 Å². The van der Waals surface area contributed by atoms with Crippen molar-refractivity contribution in [1.29, 1.82) is 0 Å². The molecule has 1 aliphatic heterocycles. The van der Waals surface area contributed by atoms with Gasteiger partial charge in [-0.25, -0.2) is 9.78 Å². The van der Waals surface area contributed by atoms with E-state index in [1.165, 1.54) is 0 Å². The number of ether oxygens (including phenoxy) is 1. The highest BCUT2D eigenvalue weighted by Gasteiger charge is 2.39. The summed E-state index contributed by atoms with van der Waals surface area (Å²) in [4.78, 5) is 20.7. The van der Waals surface area contributed by atoms with Crippen molar-refractivity contribution in [3.8, 4) is 0 Å². The monoisotopic (exact) mass is 320 g/mol. The van der Waals surface area contributed by atoms with Crippen LogP contribution in [0.1, 0.15) is 40.2 Å². The van der Waals surface area contributed by atoms with Gasteiger partial charge < -0.3 is 15.4 Å². The third-order valence-corrected chi connectivity index (χ3v) is 3.99. The molecule has 1 saturated heterocycles. The van der Waals surface area contributed by atoms with Crippen LogP contribution in [-0.2, 0) is 4.74 Å². The zero-order chi connectivity index (χ0) is 17.4. The van der Waals surface area contributed by atoms with Crippen LogP contribution in [0, 0.1) is 6.92 Å². The maximum Gasteiger partial charge on any atom is 0.410 e. The Hall–Kier alpha value is -1.98. The third kappa shape index (κ3) is 4.06. The Morgan fingerprint density at radius 1 is 1.35 bits per heavy atom. The van der Waals surface area contributed by atoms with Crippen molar-refractivity contribution in [3.63, 3.8) is 0 Å². The highest BCUT2D eigenvalue weighted by atomic mass is 16.6. The molecule has 2 rings (SSSR count). The van der Waals surface area contributed by atoms with E-state index in [0.29, 0.717) is 12.4 Å². The quantitative estimate of drug-likeness (QED) is 0.861. The van der Waals surface area contributed by atoms with Gasteiger partial charge in [-0.15, -0.1) is 0 Å². The predicted molar refractivity (Wildman–Crippen MR) is 92.6 cm³/mol. The molecule has 128 valence electrons. The molecule has 0 spiro atoms. The highest BCUT2D eigenvalue weighted by Crippen LogP contribution is 2.28. The second-order valence-electron chi connectivity index (χ2n) is 7.76. The zero-order valence-corrected chi connectivity index (χ0v) is 15.0. The van der Waals surface area contributed by atoms with Crippen molar-refractivity contribution in [3.05, 3.63) is 17.8 Å². The average Bonchev–Trinajstić information content (AvgIpc) is 2.38. The molecule has 23 heavy (non-hydrogen) atoms. The molecule has 1 aromatic heterocycles. The summed E-state index contributed by atoms with van der Waals surface area (Å²) >= 11 is 0. The molecule has 1 amide bonds. The Kier molecular flexibility index (Phi) is 4.46. The van der Waals surface area contributed by atoms with Gasteiger partial charge in [0.2, 0.25) is 0 Å². The normalized spacial score (nSPS) is 18.0. The molecule has 2 N–H and O–H groups in total. The smallest absolute Gasteiger partial charge is 0.410 e. The lowest BCUT2D eigenvalue weighted by molar-refractivity contribution is 0.000375. The number of nitrogens with zero attached hydrogens (tertiary/aromatic N) is 3. The lowest BCUT2D eigenvalue weighted by Gasteiger charge is -2.47. The van der Waals surface area contributed by atoms with Crippen molar-refractivity contribution in [1.82, 2.24) is 9.88 Å². The standard InChI is InChI=1S/C17H28N4O2/c1-12-9-13(10-19-14(12)18)20-7-8-21(17(5,6)11-20)15(22)23-16(2,3)4/h9-10H,7-8,11H2,1-6H3,(H2,18,19). The van der Waals surface area contributed by atoms with Crippen LogP contribution in [0.5, 0.6) is 0 Å². The van der Waals surface area contributed by atoms with Crippen LogP contribution >= 0.6 is 0 Å². The summed E-state index contributed by atoms with van der Waals surface area (Å²) < 4.78 is 5.53. The summed E-state index contributed by atoms with van der Waals surface area (Å²) in [5.41, 5.74) is 6.99. The largest absolute Gasteiger partial charge is 0.444 e. The van der Waals surface area contributed by atoms with Crippen LogP contribution in [0.2, 0.25) is 0 Å². The van der Waals surface area contributed by atoms with E-state index in [9.17, 15) is 4.79 Å². The highest BCUT2D eigenvalue weighted by molar-refractivity contribution is 5.70. The van der Waals surface area contributed by atoms with Gasteiger partial charge >= 0.3 is 6.09 Å². The predicted octanol–water partition coefficient (Wildman–Crippen LogP) is 2.81. The molecule has 0 unspecified atom stereocenters. The summed E-state index contributed by atoms with van der Waals surface area (Å²) in [5, 5.41) is 0. The van der Waals surface area contributed by atoms with Crippen molar-refractivity contribution < 1.29 is 9.53 Å². The molecule has 1 aromatic rings. The number of carbonyl (C=O) groups is 1. The number of aryl methyl sites for hydroxylation is 1. The van der Waals surface area contributed by atoms with Crippen LogP contribution in [0.15, 0.2) is 12.3 Å². The average molecular weight is 320 g/mol. The number of rotatable bonds is 1. The molecule has 1 fully saturated rings. The summed E-state index contributed by atoms with van der Waals surface area (Å²) in [6.45, 7) is 13.8. The second kappa shape index (κ2) is 5.91. The van der Waals surface area contributed by atoms with E-state index in [2.05, 4.69) is 23.7 Å². The Bertz CT molecular complexity index is 593. The maximum atomic E-state index is 12.4. The molecule has 6 nitrogen and oxygen atoms in total. The first-order valence-corrected chi connectivity index (χ1v) is 7.97. The van der Waals surface area contributed by atoms with Crippen LogP contribution in [0.4, 0.5) is 16.3 Å². The number of anilines is 2. The summed E-state index contributed by atoms with van der Waals surface area (Å²) in [7, 11) is 0. The second-order valence-corrected chi connectivity index (χ2v) is 7.76. The van der Waals surface area contributed by atoms with Gasteiger partial charge in [-0.05, 0) is 53.2 Å². The molecule has 0 aliphatic carbocycles. The van der Waals surface area contributed by atoms with Gasteiger partial charge in [-0.1, -0.05) is 0 Å². The molecule has 0 aromatic carbocycles. The molecular formula is C17H28N4O2. The number of nitrogens with two attached hydrogens (primary N) is 1. The first-order chi connectivity index (χ1) is 10.5. The molecule has 6 heteroatoms. The first kappa shape index (κ1) is 17.4. The lowest BCUT2D eigenvalue weighted by atomic mass is 9.99.